The monoisotopic (exact) mass is 492 g/mol. The molecule has 8 nitrogen and oxygen atoms in total. The second-order valence-corrected chi connectivity index (χ2v) is 9.78. The summed E-state index contributed by atoms with van der Waals surface area (Å²) in [6, 6.07) is 14.2. The summed E-state index contributed by atoms with van der Waals surface area (Å²) >= 11 is 8.58. The lowest BCUT2D eigenvalue weighted by Gasteiger charge is -2.09. The zero-order chi connectivity index (χ0) is 23.1. The molecule has 0 radical (unpaired) electrons. The van der Waals surface area contributed by atoms with Crippen LogP contribution in [0.3, 0.4) is 0 Å². The minimum atomic E-state index is -0.598. The molecule has 33 heavy (non-hydrogen) atoms. The third-order valence-corrected chi connectivity index (χ3v) is 7.27. The number of aromatic nitrogens is 5. The Morgan fingerprint density at radius 3 is 2.67 bits per heavy atom. The van der Waals surface area contributed by atoms with Crippen molar-refractivity contribution in [2.24, 2.45) is 0 Å². The van der Waals surface area contributed by atoms with E-state index < -0.39 is 5.56 Å². The molecule has 0 atom stereocenters. The molecular formula is C22H13ClN6O2S2. The number of thioether (sulfide) groups is 1. The standard InChI is InChI=1S/C22H13ClN6O2S2/c1-12-2-7-17-25-18-16(20(31)28(17)10-12)8-14(9-24)19(30)29(18)21-26-27-22(33-21)32-11-13-3-5-15(23)6-4-13/h2-8,10H,11H2,1H3. The van der Waals surface area contributed by atoms with Gasteiger partial charge in [-0.25, -0.2) is 9.55 Å². The van der Waals surface area contributed by atoms with Gasteiger partial charge in [0.05, 0.1) is 5.39 Å². The highest BCUT2D eigenvalue weighted by molar-refractivity contribution is 8.00. The fourth-order valence-electron chi connectivity index (χ4n) is 3.30. The Bertz CT molecular complexity index is 1700. The molecule has 5 aromatic rings. The van der Waals surface area contributed by atoms with Crippen LogP contribution in [0.25, 0.3) is 21.8 Å². The van der Waals surface area contributed by atoms with Gasteiger partial charge in [0.1, 0.15) is 17.3 Å². The molecule has 0 aliphatic heterocycles. The number of hydrogen-bond acceptors (Lipinski definition) is 8. The minimum Gasteiger partial charge on any atom is -0.268 e. The number of pyridine rings is 2. The summed E-state index contributed by atoms with van der Waals surface area (Å²) in [6.07, 6.45) is 1.67. The molecule has 5 rings (SSSR count). The average Bonchev–Trinajstić information content (AvgIpc) is 3.27. The van der Waals surface area contributed by atoms with Crippen LogP contribution >= 0.6 is 34.7 Å². The Hall–Kier alpha value is -3.52. The highest BCUT2D eigenvalue weighted by atomic mass is 35.5. The number of nitrogens with zero attached hydrogens (tertiary/aromatic N) is 6. The number of rotatable bonds is 4. The average molecular weight is 493 g/mol. The van der Waals surface area contributed by atoms with Gasteiger partial charge in [0.15, 0.2) is 9.99 Å². The number of aryl methyl sites for hydroxylation is 1. The highest BCUT2D eigenvalue weighted by Gasteiger charge is 2.19. The molecule has 0 amide bonds. The van der Waals surface area contributed by atoms with Crippen molar-refractivity contribution in [3.8, 4) is 11.2 Å². The van der Waals surface area contributed by atoms with Crippen LogP contribution in [0.15, 0.2) is 62.6 Å². The van der Waals surface area contributed by atoms with Crippen molar-refractivity contribution in [1.29, 1.82) is 5.26 Å². The Morgan fingerprint density at radius 2 is 1.91 bits per heavy atom. The van der Waals surface area contributed by atoms with Crippen LogP contribution in [0.5, 0.6) is 0 Å². The molecule has 0 aliphatic carbocycles. The van der Waals surface area contributed by atoms with E-state index in [1.807, 2.05) is 43.3 Å². The zero-order valence-electron chi connectivity index (χ0n) is 17.0. The summed E-state index contributed by atoms with van der Waals surface area (Å²) in [5.74, 6) is 0.642. The molecule has 0 N–H and O–H groups in total. The highest BCUT2D eigenvalue weighted by Crippen LogP contribution is 2.28. The maximum Gasteiger partial charge on any atom is 0.276 e. The van der Waals surface area contributed by atoms with E-state index in [2.05, 4.69) is 15.2 Å². The maximum atomic E-state index is 13.1. The largest absolute Gasteiger partial charge is 0.276 e. The maximum absolute atomic E-state index is 13.1. The summed E-state index contributed by atoms with van der Waals surface area (Å²) < 4.78 is 3.23. The van der Waals surface area contributed by atoms with Crippen LogP contribution in [0.4, 0.5) is 0 Å². The van der Waals surface area contributed by atoms with Crippen molar-refractivity contribution in [3.63, 3.8) is 0 Å². The summed E-state index contributed by atoms with van der Waals surface area (Å²) in [5.41, 5.74) is 1.33. The Balaban J connectivity index is 1.64. The van der Waals surface area contributed by atoms with E-state index in [0.717, 1.165) is 11.1 Å². The van der Waals surface area contributed by atoms with Crippen LogP contribution in [0.2, 0.25) is 5.02 Å². The molecule has 0 spiro atoms. The van der Waals surface area contributed by atoms with Crippen molar-refractivity contribution in [3.05, 3.63) is 91.1 Å². The topological polar surface area (TPSA) is 106 Å². The Labute approximate surface area is 199 Å². The van der Waals surface area contributed by atoms with Crippen molar-refractivity contribution in [1.82, 2.24) is 24.1 Å². The molecule has 0 saturated carbocycles. The fraction of sp³-hybridized carbons (Fsp3) is 0.0909. The van der Waals surface area contributed by atoms with Gasteiger partial charge in [-0.2, -0.15) is 5.26 Å². The molecule has 11 heteroatoms. The normalized spacial score (nSPS) is 11.2. The molecule has 162 valence electrons. The van der Waals surface area contributed by atoms with Gasteiger partial charge in [-0.1, -0.05) is 52.9 Å². The van der Waals surface area contributed by atoms with E-state index in [-0.39, 0.29) is 27.3 Å². The summed E-state index contributed by atoms with van der Waals surface area (Å²) in [5, 5.41) is 18.9. The first kappa shape index (κ1) is 21.3. The van der Waals surface area contributed by atoms with Gasteiger partial charge >= 0.3 is 0 Å². The SMILES string of the molecule is Cc1ccc2nc3c(cc(C#N)c(=O)n3-c3nnc(SCc4ccc(Cl)cc4)s3)c(=O)n2c1. The van der Waals surface area contributed by atoms with E-state index in [0.29, 0.717) is 20.8 Å². The van der Waals surface area contributed by atoms with Gasteiger partial charge in [0.2, 0.25) is 5.13 Å². The van der Waals surface area contributed by atoms with Crippen LogP contribution < -0.4 is 11.1 Å². The van der Waals surface area contributed by atoms with Gasteiger partial charge in [0.25, 0.3) is 11.1 Å². The third kappa shape index (κ3) is 3.91. The molecular weight excluding hydrogens is 480 g/mol. The predicted octanol–water partition coefficient (Wildman–Crippen LogP) is 3.98. The molecule has 1 aromatic carbocycles. The lowest BCUT2D eigenvalue weighted by atomic mass is 10.2. The zero-order valence-corrected chi connectivity index (χ0v) is 19.4. The van der Waals surface area contributed by atoms with Crippen molar-refractivity contribution in [2.45, 2.75) is 17.0 Å². The Kier molecular flexibility index (Phi) is 5.46. The number of nitriles is 1. The number of hydrogen-bond donors (Lipinski definition) is 0. The first-order valence-electron chi connectivity index (χ1n) is 9.64. The quantitative estimate of drug-likeness (QED) is 0.276. The van der Waals surface area contributed by atoms with E-state index >= 15 is 0 Å². The van der Waals surface area contributed by atoms with E-state index in [1.165, 1.54) is 38.1 Å². The first-order chi connectivity index (χ1) is 15.9. The molecule has 0 aliphatic rings. The van der Waals surface area contributed by atoms with Crippen LogP contribution in [0, 0.1) is 18.3 Å². The third-order valence-electron chi connectivity index (χ3n) is 4.90. The minimum absolute atomic E-state index is 0.137. The molecule has 0 unspecified atom stereocenters. The predicted molar refractivity (Wildman–Crippen MR) is 128 cm³/mol. The Morgan fingerprint density at radius 1 is 1.12 bits per heavy atom. The summed E-state index contributed by atoms with van der Waals surface area (Å²) in [6.45, 7) is 1.86. The molecule has 4 heterocycles. The van der Waals surface area contributed by atoms with Crippen LogP contribution in [0.1, 0.15) is 16.7 Å². The van der Waals surface area contributed by atoms with Gasteiger partial charge in [-0.3, -0.25) is 14.0 Å². The second-order valence-electron chi connectivity index (χ2n) is 7.16. The van der Waals surface area contributed by atoms with Crippen molar-refractivity contribution < 1.29 is 0 Å². The van der Waals surface area contributed by atoms with Crippen LogP contribution in [-0.4, -0.2) is 24.1 Å². The van der Waals surface area contributed by atoms with E-state index in [1.54, 1.807) is 12.3 Å². The van der Waals surface area contributed by atoms with Gasteiger partial charge in [0, 0.05) is 17.0 Å². The number of halogens is 1. The van der Waals surface area contributed by atoms with Crippen molar-refractivity contribution in [2.75, 3.05) is 0 Å². The number of benzene rings is 1. The smallest absolute Gasteiger partial charge is 0.268 e. The molecule has 0 fully saturated rings. The lowest BCUT2D eigenvalue weighted by molar-refractivity contribution is 0.914. The van der Waals surface area contributed by atoms with Crippen LogP contribution in [-0.2, 0) is 5.75 Å². The summed E-state index contributed by atoms with van der Waals surface area (Å²) in [7, 11) is 0. The van der Waals surface area contributed by atoms with Gasteiger partial charge in [-0.15, -0.1) is 10.2 Å². The second kappa shape index (κ2) is 8.44. The van der Waals surface area contributed by atoms with E-state index in [9.17, 15) is 14.9 Å². The van der Waals surface area contributed by atoms with Crippen molar-refractivity contribution >= 4 is 51.4 Å². The first-order valence-corrected chi connectivity index (χ1v) is 11.8. The van der Waals surface area contributed by atoms with Gasteiger partial charge < -0.3 is 0 Å². The fourth-order valence-corrected chi connectivity index (χ4v) is 5.22. The molecule has 0 bridgehead atoms. The summed E-state index contributed by atoms with van der Waals surface area (Å²) in [4.78, 5) is 30.7. The van der Waals surface area contributed by atoms with E-state index in [4.69, 9.17) is 11.6 Å². The number of fused-ring (bicyclic) bond motifs is 2. The molecule has 0 saturated heterocycles. The van der Waals surface area contributed by atoms with Gasteiger partial charge in [-0.05, 0) is 42.3 Å². The lowest BCUT2D eigenvalue weighted by Crippen LogP contribution is -2.26. The molecule has 4 aromatic heterocycles.